The molecule has 0 saturated heterocycles. The van der Waals surface area contributed by atoms with Crippen molar-refractivity contribution in [3.8, 4) is 17.2 Å². The van der Waals surface area contributed by atoms with E-state index in [1.54, 1.807) is 19.2 Å². The number of benzene rings is 2. The summed E-state index contributed by atoms with van der Waals surface area (Å²) < 4.78 is 7.90. The van der Waals surface area contributed by atoms with E-state index in [4.69, 9.17) is 4.74 Å². The van der Waals surface area contributed by atoms with Crippen molar-refractivity contribution in [3.63, 3.8) is 0 Å². The molecule has 0 unspecified atom stereocenters. The first-order chi connectivity index (χ1) is 9.60. The maximum absolute atomic E-state index is 9.49. The van der Waals surface area contributed by atoms with Gasteiger partial charge in [-0.3, -0.25) is 0 Å². The minimum Gasteiger partial charge on any atom is -0.508 e. The molecule has 0 spiro atoms. The highest BCUT2D eigenvalue weighted by molar-refractivity contribution is 9.10. The summed E-state index contributed by atoms with van der Waals surface area (Å²) in [5.74, 6) is 1.03. The zero-order chi connectivity index (χ0) is 14.3. The number of nitrogens with zero attached hydrogens (tertiary/aromatic N) is 2. The van der Waals surface area contributed by atoms with Crippen LogP contribution in [-0.2, 0) is 0 Å². The van der Waals surface area contributed by atoms with Crippen LogP contribution in [0.5, 0.6) is 11.5 Å². The quantitative estimate of drug-likeness (QED) is 0.776. The van der Waals surface area contributed by atoms with Gasteiger partial charge in [-0.25, -0.2) is 4.68 Å². The number of fused-ring (bicyclic) bond motifs is 1. The Hall–Kier alpha value is -2.01. The van der Waals surface area contributed by atoms with E-state index in [-0.39, 0.29) is 5.75 Å². The third-order valence-corrected chi connectivity index (χ3v) is 3.91. The first kappa shape index (κ1) is 13.0. The standard InChI is InChI=1S/C15H13BrN2O2/c1-9-12-8-11(20-2)4-5-14(12)17-18(9)15-6-3-10(19)7-13(15)16/h3-8,19H,1-2H3. The van der Waals surface area contributed by atoms with Gasteiger partial charge in [-0.2, -0.15) is 5.10 Å². The lowest BCUT2D eigenvalue weighted by Gasteiger charge is -2.07. The van der Waals surface area contributed by atoms with Gasteiger partial charge in [0.2, 0.25) is 0 Å². The fraction of sp³-hybridized carbons (Fsp3) is 0.133. The molecule has 102 valence electrons. The maximum Gasteiger partial charge on any atom is 0.119 e. The molecule has 0 fully saturated rings. The van der Waals surface area contributed by atoms with Crippen LogP contribution in [0.15, 0.2) is 40.9 Å². The van der Waals surface area contributed by atoms with Crippen molar-refractivity contribution < 1.29 is 9.84 Å². The van der Waals surface area contributed by atoms with E-state index in [2.05, 4.69) is 21.0 Å². The summed E-state index contributed by atoms with van der Waals surface area (Å²) in [5.41, 5.74) is 2.81. The Bertz CT molecular complexity index is 796. The van der Waals surface area contributed by atoms with Crippen molar-refractivity contribution in [2.24, 2.45) is 0 Å². The topological polar surface area (TPSA) is 47.3 Å². The molecular weight excluding hydrogens is 320 g/mol. The molecule has 20 heavy (non-hydrogen) atoms. The number of phenols is 1. The first-order valence-electron chi connectivity index (χ1n) is 6.12. The van der Waals surface area contributed by atoms with Crippen LogP contribution < -0.4 is 4.74 Å². The predicted octanol–water partition coefficient (Wildman–Crippen LogP) is 3.81. The highest BCUT2D eigenvalue weighted by Crippen LogP contribution is 2.30. The van der Waals surface area contributed by atoms with Gasteiger partial charge in [0, 0.05) is 15.6 Å². The number of rotatable bonds is 2. The van der Waals surface area contributed by atoms with Crippen LogP contribution in [0.4, 0.5) is 0 Å². The highest BCUT2D eigenvalue weighted by Gasteiger charge is 2.12. The van der Waals surface area contributed by atoms with Crippen molar-refractivity contribution >= 4 is 26.8 Å². The average molecular weight is 333 g/mol. The van der Waals surface area contributed by atoms with Crippen LogP contribution in [0, 0.1) is 6.92 Å². The lowest BCUT2D eigenvalue weighted by atomic mass is 10.2. The number of ether oxygens (including phenoxy) is 1. The summed E-state index contributed by atoms with van der Waals surface area (Å²) in [6.07, 6.45) is 0. The summed E-state index contributed by atoms with van der Waals surface area (Å²) >= 11 is 3.46. The van der Waals surface area contributed by atoms with Crippen LogP contribution in [0.25, 0.3) is 16.6 Å². The Labute approximate surface area is 124 Å². The summed E-state index contributed by atoms with van der Waals surface area (Å²) in [5, 5.41) is 15.1. The summed E-state index contributed by atoms with van der Waals surface area (Å²) in [4.78, 5) is 0. The molecule has 0 radical (unpaired) electrons. The Morgan fingerprint density at radius 3 is 2.70 bits per heavy atom. The van der Waals surface area contributed by atoms with Gasteiger partial charge in [-0.1, -0.05) is 0 Å². The molecule has 2 aromatic carbocycles. The van der Waals surface area contributed by atoms with E-state index in [1.165, 1.54) is 0 Å². The fourth-order valence-electron chi connectivity index (χ4n) is 2.22. The number of hydrogen-bond donors (Lipinski definition) is 1. The van der Waals surface area contributed by atoms with Gasteiger partial charge in [0.1, 0.15) is 11.5 Å². The SMILES string of the molecule is COc1ccc2nn(-c3ccc(O)cc3Br)c(C)c2c1. The minimum absolute atomic E-state index is 0.219. The average Bonchev–Trinajstić information content (AvgIpc) is 2.76. The van der Waals surface area contributed by atoms with Crippen LogP contribution in [0.3, 0.4) is 0 Å². The molecule has 4 nitrogen and oxygen atoms in total. The van der Waals surface area contributed by atoms with Crippen molar-refractivity contribution in [1.82, 2.24) is 9.78 Å². The maximum atomic E-state index is 9.49. The third-order valence-electron chi connectivity index (χ3n) is 3.28. The van der Waals surface area contributed by atoms with Gasteiger partial charge in [0.05, 0.1) is 18.3 Å². The third kappa shape index (κ3) is 2.04. The van der Waals surface area contributed by atoms with E-state index < -0.39 is 0 Å². The second-order valence-corrected chi connectivity index (χ2v) is 5.37. The van der Waals surface area contributed by atoms with Gasteiger partial charge in [-0.15, -0.1) is 0 Å². The number of aryl methyl sites for hydroxylation is 1. The Balaban J connectivity index is 2.24. The van der Waals surface area contributed by atoms with Crippen molar-refractivity contribution in [2.45, 2.75) is 6.92 Å². The molecule has 0 bridgehead atoms. The molecule has 0 saturated carbocycles. The van der Waals surface area contributed by atoms with E-state index in [9.17, 15) is 5.11 Å². The number of methoxy groups -OCH3 is 1. The number of hydrogen-bond acceptors (Lipinski definition) is 3. The van der Waals surface area contributed by atoms with Crippen LogP contribution in [-0.4, -0.2) is 22.0 Å². The number of aromatic hydroxyl groups is 1. The molecule has 0 aliphatic carbocycles. The summed E-state index contributed by atoms with van der Waals surface area (Å²) in [7, 11) is 1.65. The van der Waals surface area contributed by atoms with E-state index in [1.807, 2.05) is 35.9 Å². The predicted molar refractivity (Wildman–Crippen MR) is 81.7 cm³/mol. The van der Waals surface area contributed by atoms with Crippen molar-refractivity contribution in [2.75, 3.05) is 7.11 Å². The van der Waals surface area contributed by atoms with E-state index in [0.29, 0.717) is 0 Å². The second kappa shape index (κ2) is 4.83. The Morgan fingerprint density at radius 2 is 2.00 bits per heavy atom. The van der Waals surface area contributed by atoms with Gasteiger partial charge in [0.25, 0.3) is 0 Å². The molecule has 0 atom stereocenters. The first-order valence-corrected chi connectivity index (χ1v) is 6.91. The smallest absolute Gasteiger partial charge is 0.119 e. The molecule has 3 rings (SSSR count). The fourth-order valence-corrected chi connectivity index (χ4v) is 2.75. The van der Waals surface area contributed by atoms with Gasteiger partial charge in [-0.05, 0) is 59.3 Å². The zero-order valence-electron chi connectivity index (χ0n) is 11.1. The molecule has 5 heteroatoms. The number of halogens is 1. The molecule has 3 aromatic rings. The largest absolute Gasteiger partial charge is 0.508 e. The van der Waals surface area contributed by atoms with Crippen LogP contribution in [0.1, 0.15) is 5.69 Å². The molecule has 1 heterocycles. The van der Waals surface area contributed by atoms with E-state index in [0.717, 1.165) is 32.5 Å². The number of phenolic OH excluding ortho intramolecular Hbond substituents is 1. The second-order valence-electron chi connectivity index (χ2n) is 4.52. The number of aromatic nitrogens is 2. The van der Waals surface area contributed by atoms with Gasteiger partial charge < -0.3 is 9.84 Å². The monoisotopic (exact) mass is 332 g/mol. The molecular formula is C15H13BrN2O2. The lowest BCUT2D eigenvalue weighted by Crippen LogP contribution is -1.99. The van der Waals surface area contributed by atoms with Crippen LogP contribution in [0.2, 0.25) is 0 Å². The Morgan fingerprint density at radius 1 is 1.20 bits per heavy atom. The normalized spacial score (nSPS) is 10.9. The molecule has 0 aliphatic rings. The molecule has 0 amide bonds. The highest BCUT2D eigenvalue weighted by atomic mass is 79.9. The minimum atomic E-state index is 0.219. The van der Waals surface area contributed by atoms with Crippen LogP contribution >= 0.6 is 15.9 Å². The van der Waals surface area contributed by atoms with Crippen molar-refractivity contribution in [1.29, 1.82) is 0 Å². The Kier molecular flexibility index (Phi) is 3.14. The summed E-state index contributed by atoms with van der Waals surface area (Å²) in [6, 6.07) is 10.9. The van der Waals surface area contributed by atoms with E-state index >= 15 is 0 Å². The summed E-state index contributed by atoms with van der Waals surface area (Å²) in [6.45, 7) is 2.01. The molecule has 1 N–H and O–H groups in total. The van der Waals surface area contributed by atoms with Gasteiger partial charge in [0.15, 0.2) is 0 Å². The van der Waals surface area contributed by atoms with Crippen molar-refractivity contribution in [3.05, 3.63) is 46.6 Å². The zero-order valence-corrected chi connectivity index (χ0v) is 12.7. The van der Waals surface area contributed by atoms with Gasteiger partial charge >= 0.3 is 0 Å². The lowest BCUT2D eigenvalue weighted by molar-refractivity contribution is 0.415. The molecule has 0 aliphatic heterocycles. The molecule has 1 aromatic heterocycles.